The molecular formula is C30H35FN6O3. The molecule has 1 aliphatic rings. The molecule has 2 aromatic heterocycles. The van der Waals surface area contributed by atoms with Crippen molar-refractivity contribution in [3.63, 3.8) is 0 Å². The monoisotopic (exact) mass is 546 g/mol. The van der Waals surface area contributed by atoms with Gasteiger partial charge in [-0.3, -0.25) is 4.79 Å². The van der Waals surface area contributed by atoms with Crippen LogP contribution in [0.3, 0.4) is 0 Å². The Morgan fingerprint density at radius 2 is 1.85 bits per heavy atom. The molecule has 1 aromatic carbocycles. The minimum atomic E-state index is -0.392. The molecular weight excluding hydrogens is 511 g/mol. The van der Waals surface area contributed by atoms with Crippen molar-refractivity contribution in [1.29, 1.82) is 10.5 Å². The van der Waals surface area contributed by atoms with E-state index < -0.39 is 5.82 Å². The fourth-order valence-corrected chi connectivity index (χ4v) is 4.55. The second kappa shape index (κ2) is 13.1. The summed E-state index contributed by atoms with van der Waals surface area (Å²) in [5.41, 5.74) is 2.18. The second-order valence-corrected chi connectivity index (χ2v) is 10.6. The summed E-state index contributed by atoms with van der Waals surface area (Å²) in [5.74, 6) is -0.198. The lowest BCUT2D eigenvalue weighted by molar-refractivity contribution is 0.00199. The van der Waals surface area contributed by atoms with Gasteiger partial charge in [-0.25, -0.2) is 9.37 Å². The van der Waals surface area contributed by atoms with Gasteiger partial charge < -0.3 is 19.0 Å². The number of nitriles is 2. The summed E-state index contributed by atoms with van der Waals surface area (Å²) in [6.45, 7) is 5.70. The third-order valence-corrected chi connectivity index (χ3v) is 6.62. The SMILES string of the molecule is CN(c1c(C#N)c(=O)n(C)c2ccc(C#N)nc12)C1CCCCC1.COc1cc(/C=N\OC(C)(C)C)ccc1F. The molecule has 0 saturated heterocycles. The normalized spacial score (nSPS) is 13.7. The van der Waals surface area contributed by atoms with Crippen molar-refractivity contribution in [3.8, 4) is 17.9 Å². The van der Waals surface area contributed by atoms with Gasteiger partial charge in [-0.1, -0.05) is 30.5 Å². The third-order valence-electron chi connectivity index (χ3n) is 6.62. The molecule has 9 nitrogen and oxygen atoms in total. The first kappa shape index (κ1) is 30.1. The van der Waals surface area contributed by atoms with E-state index in [1.807, 2.05) is 38.8 Å². The van der Waals surface area contributed by atoms with Gasteiger partial charge in [0, 0.05) is 20.1 Å². The second-order valence-electron chi connectivity index (χ2n) is 10.6. The number of aryl methyl sites for hydroxylation is 1. The Morgan fingerprint density at radius 3 is 2.45 bits per heavy atom. The van der Waals surface area contributed by atoms with Crippen LogP contribution < -0.4 is 15.2 Å². The van der Waals surface area contributed by atoms with Gasteiger partial charge in [0.25, 0.3) is 5.56 Å². The lowest BCUT2D eigenvalue weighted by atomic mass is 9.93. The van der Waals surface area contributed by atoms with Crippen molar-refractivity contribution >= 4 is 22.9 Å². The first-order chi connectivity index (χ1) is 19.0. The Bertz CT molecular complexity index is 1520. The summed E-state index contributed by atoms with van der Waals surface area (Å²) in [7, 11) is 4.97. The zero-order valence-corrected chi connectivity index (χ0v) is 23.9. The van der Waals surface area contributed by atoms with Crippen LogP contribution >= 0.6 is 0 Å². The summed E-state index contributed by atoms with van der Waals surface area (Å²) >= 11 is 0. The van der Waals surface area contributed by atoms with E-state index in [4.69, 9.17) is 14.8 Å². The largest absolute Gasteiger partial charge is 0.494 e. The molecule has 1 aliphatic carbocycles. The van der Waals surface area contributed by atoms with E-state index in [1.165, 1.54) is 30.4 Å². The molecule has 1 saturated carbocycles. The minimum absolute atomic E-state index is 0.0978. The number of oxime groups is 1. The molecule has 0 aliphatic heterocycles. The van der Waals surface area contributed by atoms with Crippen molar-refractivity contribution < 1.29 is 14.0 Å². The van der Waals surface area contributed by atoms with E-state index >= 15 is 0 Å². The number of ether oxygens (including phenoxy) is 1. The number of hydrogen-bond acceptors (Lipinski definition) is 8. The predicted octanol–water partition coefficient (Wildman–Crippen LogP) is 5.43. The van der Waals surface area contributed by atoms with E-state index in [1.54, 1.807) is 31.3 Å². The molecule has 0 amide bonds. The van der Waals surface area contributed by atoms with Gasteiger partial charge >= 0.3 is 0 Å². The predicted molar refractivity (Wildman–Crippen MR) is 153 cm³/mol. The van der Waals surface area contributed by atoms with Crippen molar-refractivity contribution in [2.45, 2.75) is 64.5 Å². The number of aromatic nitrogens is 2. The maximum Gasteiger partial charge on any atom is 0.270 e. The zero-order valence-electron chi connectivity index (χ0n) is 23.9. The molecule has 1 fully saturated rings. The summed E-state index contributed by atoms with van der Waals surface area (Å²) in [6, 6.07) is 12.2. The summed E-state index contributed by atoms with van der Waals surface area (Å²) in [4.78, 5) is 24.2. The van der Waals surface area contributed by atoms with Crippen LogP contribution in [0.4, 0.5) is 10.1 Å². The summed E-state index contributed by atoms with van der Waals surface area (Å²) < 4.78 is 19.4. The van der Waals surface area contributed by atoms with E-state index in [0.29, 0.717) is 16.7 Å². The van der Waals surface area contributed by atoms with Crippen LogP contribution in [0.2, 0.25) is 0 Å². The van der Waals surface area contributed by atoms with Crippen molar-refractivity contribution in [3.05, 3.63) is 63.3 Å². The number of fused-ring (bicyclic) bond motifs is 1. The highest BCUT2D eigenvalue weighted by Crippen LogP contribution is 2.32. The molecule has 4 rings (SSSR count). The van der Waals surface area contributed by atoms with Crippen molar-refractivity contribution in [2.75, 3.05) is 19.1 Å². The number of benzene rings is 1. The Balaban J connectivity index is 0.000000241. The molecule has 0 spiro atoms. The smallest absolute Gasteiger partial charge is 0.270 e. The fraction of sp³-hybridized carbons (Fsp3) is 0.433. The number of methoxy groups -OCH3 is 1. The van der Waals surface area contributed by atoms with Gasteiger partial charge in [-0.05, 0) is 63.4 Å². The van der Waals surface area contributed by atoms with E-state index in [2.05, 4.69) is 16.2 Å². The van der Waals surface area contributed by atoms with Crippen LogP contribution in [-0.4, -0.2) is 41.6 Å². The highest BCUT2D eigenvalue weighted by molar-refractivity contribution is 5.92. The van der Waals surface area contributed by atoms with Gasteiger partial charge in [0.2, 0.25) is 0 Å². The van der Waals surface area contributed by atoms with Gasteiger partial charge in [-0.2, -0.15) is 10.5 Å². The number of pyridine rings is 2. The molecule has 40 heavy (non-hydrogen) atoms. The number of rotatable bonds is 5. The first-order valence-electron chi connectivity index (χ1n) is 13.1. The Morgan fingerprint density at radius 1 is 1.15 bits per heavy atom. The molecule has 0 unspecified atom stereocenters. The molecule has 10 heteroatoms. The highest BCUT2D eigenvalue weighted by atomic mass is 19.1. The number of halogens is 1. The first-order valence-corrected chi connectivity index (χ1v) is 13.1. The summed E-state index contributed by atoms with van der Waals surface area (Å²) in [5, 5.41) is 22.6. The van der Waals surface area contributed by atoms with Crippen molar-refractivity contribution in [2.24, 2.45) is 12.2 Å². The quantitative estimate of drug-likeness (QED) is 0.309. The maximum absolute atomic E-state index is 13.1. The lowest BCUT2D eigenvalue weighted by Crippen LogP contribution is -2.36. The van der Waals surface area contributed by atoms with Crippen LogP contribution in [0.15, 0.2) is 40.3 Å². The zero-order chi connectivity index (χ0) is 29.4. The topological polar surface area (TPSA) is 117 Å². The van der Waals surface area contributed by atoms with Gasteiger partial charge in [-0.15, -0.1) is 0 Å². The molecule has 2 heterocycles. The molecule has 0 bridgehead atoms. The summed E-state index contributed by atoms with van der Waals surface area (Å²) in [6.07, 6.45) is 7.12. The van der Waals surface area contributed by atoms with Crippen LogP contribution in [0.1, 0.15) is 69.7 Å². The van der Waals surface area contributed by atoms with Crippen molar-refractivity contribution in [1.82, 2.24) is 9.55 Å². The Labute approximate surface area is 234 Å². The Hall–Kier alpha value is -4.44. The van der Waals surface area contributed by atoms with Crippen LogP contribution in [0, 0.1) is 28.5 Å². The fourth-order valence-electron chi connectivity index (χ4n) is 4.55. The Kier molecular flexibility index (Phi) is 9.84. The minimum Gasteiger partial charge on any atom is -0.494 e. The van der Waals surface area contributed by atoms with Gasteiger partial charge in [0.15, 0.2) is 11.6 Å². The molecule has 3 aromatic rings. The van der Waals surface area contributed by atoms with Gasteiger partial charge in [0.1, 0.15) is 34.5 Å². The van der Waals surface area contributed by atoms with E-state index in [-0.39, 0.29) is 34.2 Å². The average molecular weight is 547 g/mol. The number of nitrogens with zero attached hydrogens (tertiary/aromatic N) is 6. The number of anilines is 1. The lowest BCUT2D eigenvalue weighted by Gasteiger charge is -2.33. The average Bonchev–Trinajstić information content (AvgIpc) is 2.95. The van der Waals surface area contributed by atoms with Crippen LogP contribution in [0.5, 0.6) is 5.75 Å². The van der Waals surface area contributed by atoms with Crippen LogP contribution in [0.25, 0.3) is 11.0 Å². The van der Waals surface area contributed by atoms with E-state index in [9.17, 15) is 14.4 Å². The molecule has 210 valence electrons. The van der Waals surface area contributed by atoms with E-state index in [0.717, 1.165) is 31.2 Å². The molecule has 0 N–H and O–H groups in total. The molecule has 0 radical (unpaired) electrons. The number of hydrogen-bond donors (Lipinski definition) is 0. The van der Waals surface area contributed by atoms with Gasteiger partial charge in [0.05, 0.1) is 24.5 Å². The maximum atomic E-state index is 13.1. The highest BCUT2D eigenvalue weighted by Gasteiger charge is 2.25. The standard InChI is InChI=1S/C18H19N5O.C12H16FNO2/c1-22(13-6-4-3-5-7-13)17-14(11-20)18(24)23(2)15-9-8-12(10-19)21-16(15)17;1-12(2,3)16-14-8-9-5-6-10(13)11(7-9)15-4/h8-9,13H,3-7H2,1-2H3;5-8H,1-4H3/b;14-8-. The third kappa shape index (κ3) is 7.15. The van der Waals surface area contributed by atoms with Crippen LogP contribution in [-0.2, 0) is 11.9 Å². The molecule has 0 atom stereocenters.